The molecule has 0 aromatic heterocycles. The zero-order chi connectivity index (χ0) is 47.3. The number of benzene rings is 4. The zero-order valence-electron chi connectivity index (χ0n) is 37.9. The van der Waals surface area contributed by atoms with E-state index in [2.05, 4.69) is 5.32 Å². The van der Waals surface area contributed by atoms with Crippen molar-refractivity contribution < 1.29 is 47.7 Å². The summed E-state index contributed by atoms with van der Waals surface area (Å²) in [5.41, 5.74) is 6.36. The number of methoxy groups -OCH3 is 3. The summed E-state index contributed by atoms with van der Waals surface area (Å²) in [5, 5.41) is 2.93. The van der Waals surface area contributed by atoms with Crippen LogP contribution in [-0.4, -0.2) is 110 Å². The Morgan fingerprint density at radius 3 is 1.63 bits per heavy atom. The third-order valence-corrected chi connectivity index (χ3v) is 12.4. The molecule has 16 nitrogen and oxygen atoms in total. The number of carbonyl (C=O) groups excluding carboxylic acids is 5. The van der Waals surface area contributed by atoms with E-state index in [0.717, 1.165) is 28.0 Å². The quantitative estimate of drug-likeness (QED) is 0.0762. The summed E-state index contributed by atoms with van der Waals surface area (Å²) in [6, 6.07) is 21.5. The molecule has 0 bridgehead atoms. The minimum Gasteiger partial charge on any atom is -0.497 e. The Bertz CT molecular complexity index is 2800. The third-order valence-electron chi connectivity index (χ3n) is 12.4. The van der Waals surface area contributed by atoms with Crippen LogP contribution in [0.25, 0.3) is 11.1 Å². The van der Waals surface area contributed by atoms with Gasteiger partial charge < -0.3 is 38.8 Å². The summed E-state index contributed by atoms with van der Waals surface area (Å²) in [5.74, 6) is 1.36. The summed E-state index contributed by atoms with van der Waals surface area (Å²) >= 11 is 0. The average molecular weight is 919 g/mol. The molecule has 0 aliphatic carbocycles. The number of amides is 5. The number of nitrogens with one attached hydrogen (secondary N) is 1. The van der Waals surface area contributed by atoms with E-state index in [1.165, 1.54) is 31.3 Å². The van der Waals surface area contributed by atoms with Gasteiger partial charge in [0.2, 0.25) is 5.91 Å². The van der Waals surface area contributed by atoms with Crippen LogP contribution in [-0.2, 0) is 14.4 Å². The van der Waals surface area contributed by atoms with E-state index in [9.17, 15) is 24.0 Å². The lowest BCUT2D eigenvalue weighted by Gasteiger charge is -2.19. The molecule has 5 aliphatic heterocycles. The minimum absolute atomic E-state index is 0.117. The highest BCUT2D eigenvalue weighted by atomic mass is 16.5. The average Bonchev–Trinajstić information content (AvgIpc) is 4.04. The molecule has 68 heavy (non-hydrogen) atoms. The number of nitrogens with zero attached hydrogens (tertiary/aromatic N) is 5. The Morgan fingerprint density at radius 1 is 0.618 bits per heavy atom. The van der Waals surface area contributed by atoms with Gasteiger partial charge >= 0.3 is 0 Å². The van der Waals surface area contributed by atoms with Crippen LogP contribution in [0.4, 0.5) is 17.1 Å². The van der Waals surface area contributed by atoms with E-state index >= 15 is 0 Å². The number of hydrogen-bond acceptors (Lipinski definition) is 12. The van der Waals surface area contributed by atoms with Crippen LogP contribution in [0.3, 0.4) is 0 Å². The number of ether oxygens (including phenoxy) is 5. The second-order valence-electron chi connectivity index (χ2n) is 16.7. The molecule has 0 fully saturated rings. The van der Waals surface area contributed by atoms with Gasteiger partial charge in [-0.25, -0.2) is 0 Å². The Morgan fingerprint density at radius 2 is 1.13 bits per heavy atom. The minimum atomic E-state index is -0.296. The second-order valence-corrected chi connectivity index (χ2v) is 16.7. The van der Waals surface area contributed by atoms with Crippen molar-refractivity contribution in [2.45, 2.75) is 57.0 Å². The summed E-state index contributed by atoms with van der Waals surface area (Å²) in [7, 11) is 4.68. The van der Waals surface area contributed by atoms with Gasteiger partial charge in [0.05, 0.1) is 69.1 Å². The van der Waals surface area contributed by atoms with Gasteiger partial charge in [-0.2, -0.15) is 0 Å². The monoisotopic (exact) mass is 918 g/mol. The van der Waals surface area contributed by atoms with E-state index in [0.29, 0.717) is 103 Å². The first-order valence-electron chi connectivity index (χ1n) is 22.5. The van der Waals surface area contributed by atoms with Gasteiger partial charge in [0.1, 0.15) is 5.75 Å². The fraction of sp³-hybridized carbons (Fsp3) is 0.288. The summed E-state index contributed by atoms with van der Waals surface area (Å²) in [6.07, 6.45) is 13.8. The fourth-order valence-electron chi connectivity index (χ4n) is 8.75. The normalized spacial score (nSPS) is 17.8. The Labute approximate surface area is 393 Å². The maximum atomic E-state index is 14.0. The highest BCUT2D eigenvalue weighted by molar-refractivity contribution is 6.13. The van der Waals surface area contributed by atoms with Crippen LogP contribution in [0.1, 0.15) is 76.8 Å². The molecule has 0 saturated heterocycles. The number of fused-ring (bicyclic) bond motifs is 4. The van der Waals surface area contributed by atoms with E-state index in [1.807, 2.05) is 60.9 Å². The van der Waals surface area contributed by atoms with Gasteiger partial charge in [-0.15, -0.1) is 0 Å². The molecule has 1 unspecified atom stereocenters. The van der Waals surface area contributed by atoms with Gasteiger partial charge in [-0.05, 0) is 71.5 Å². The second kappa shape index (κ2) is 19.8. The fourth-order valence-corrected chi connectivity index (χ4v) is 8.75. The van der Waals surface area contributed by atoms with E-state index < -0.39 is 0 Å². The first kappa shape index (κ1) is 45.2. The lowest BCUT2D eigenvalue weighted by Crippen LogP contribution is -2.32. The van der Waals surface area contributed by atoms with Crippen LogP contribution >= 0.6 is 0 Å². The highest BCUT2D eigenvalue weighted by Crippen LogP contribution is 2.42. The number of unbranched alkanes of at least 4 members (excludes halogenated alkanes) is 2. The summed E-state index contributed by atoms with van der Waals surface area (Å²) < 4.78 is 28.9. The molecule has 16 heteroatoms. The molecule has 2 atom stereocenters. The number of hydrogen-bond donors (Lipinski definition) is 1. The summed E-state index contributed by atoms with van der Waals surface area (Å²) in [6.45, 7) is 0.891. The largest absolute Gasteiger partial charge is 0.497 e. The van der Waals surface area contributed by atoms with Crippen molar-refractivity contribution in [1.29, 1.82) is 0 Å². The van der Waals surface area contributed by atoms with Crippen LogP contribution in [0, 0.1) is 0 Å². The number of aliphatic imine (C=N–C) groups is 2. The molecular formula is C52H50N6O10. The Hall–Kier alpha value is -8.01. The van der Waals surface area contributed by atoms with E-state index in [4.69, 9.17) is 33.7 Å². The smallest absolute Gasteiger partial charge is 0.260 e. The van der Waals surface area contributed by atoms with Crippen molar-refractivity contribution in [2.75, 3.05) is 46.4 Å². The number of imide groups is 1. The van der Waals surface area contributed by atoms with Crippen molar-refractivity contribution in [3.05, 3.63) is 120 Å². The molecule has 0 saturated carbocycles. The van der Waals surface area contributed by atoms with Crippen molar-refractivity contribution in [3.63, 3.8) is 0 Å². The van der Waals surface area contributed by atoms with Crippen molar-refractivity contribution in [3.8, 4) is 28.7 Å². The van der Waals surface area contributed by atoms with Crippen LogP contribution in [0.5, 0.6) is 28.7 Å². The standard InChI is InChI=1S/C52H50N6O10/c1-64-39-15-11-33(12-16-39)35-23-38-29-54-43-27-47(45(66-3)25-41(43)52(63)58(38)31-35)68-21-7-20-67-46-26-42-40(24-44(46)65-2)51(62)57-30-34(22-37(57)28-53-42)32-9-13-36(14-10-32)55-48(59)8-5-4-6-19-56-49(60)17-18-50(56)61/h9-18,24-31,37-38H,4-8,19-23H2,1-3H3,(H,55,59)/t37?,38-/m0/s1. The number of anilines is 1. The highest BCUT2D eigenvalue weighted by Gasteiger charge is 2.35. The zero-order valence-corrected chi connectivity index (χ0v) is 37.9. The van der Waals surface area contributed by atoms with Gasteiger partial charge in [0.15, 0.2) is 23.0 Å². The Kier molecular flexibility index (Phi) is 13.2. The first-order valence-corrected chi connectivity index (χ1v) is 22.5. The van der Waals surface area contributed by atoms with E-state index in [-0.39, 0.29) is 54.8 Å². The number of rotatable bonds is 18. The van der Waals surface area contributed by atoms with Gasteiger partial charge in [-0.1, -0.05) is 30.7 Å². The van der Waals surface area contributed by atoms with Gasteiger partial charge in [0, 0.05) is 87.0 Å². The van der Waals surface area contributed by atoms with Crippen molar-refractivity contribution in [2.24, 2.45) is 9.98 Å². The van der Waals surface area contributed by atoms with Crippen LogP contribution in [0.2, 0.25) is 0 Å². The molecule has 9 rings (SSSR count). The lowest BCUT2D eigenvalue weighted by molar-refractivity contribution is -0.136. The molecule has 0 radical (unpaired) electrons. The van der Waals surface area contributed by atoms with Crippen LogP contribution < -0.4 is 29.0 Å². The first-order chi connectivity index (χ1) is 33.1. The molecule has 4 aromatic rings. The van der Waals surface area contributed by atoms with Crippen molar-refractivity contribution >= 4 is 70.2 Å². The number of carbonyl (C=O) groups is 5. The molecule has 348 valence electrons. The predicted octanol–water partition coefficient (Wildman–Crippen LogP) is 7.93. The van der Waals surface area contributed by atoms with Crippen molar-refractivity contribution in [1.82, 2.24) is 14.7 Å². The van der Waals surface area contributed by atoms with Gasteiger partial charge in [0.25, 0.3) is 23.6 Å². The maximum Gasteiger partial charge on any atom is 0.260 e. The molecule has 5 heterocycles. The molecule has 4 aromatic carbocycles. The molecule has 0 spiro atoms. The SMILES string of the molecule is COc1ccc(C2=CN3C(=O)c4cc(OC)c(OCCCOc5cc6c(cc5OC)C(=O)N5C=C(c7ccc(NC(=O)CCCCCN8C(=O)C=CC8=O)cc7)CC5C=N6)cc4N=C[C@@H]3C2)cc1. The molecule has 1 N–H and O–H groups in total. The third kappa shape index (κ3) is 9.47. The maximum absolute atomic E-state index is 14.0. The summed E-state index contributed by atoms with van der Waals surface area (Å²) in [4.78, 5) is 77.8. The molecule has 5 amide bonds. The van der Waals surface area contributed by atoms with Gasteiger partial charge in [-0.3, -0.25) is 38.9 Å². The van der Waals surface area contributed by atoms with Crippen LogP contribution in [0.15, 0.2) is 107 Å². The Balaban J connectivity index is 0.766. The van der Waals surface area contributed by atoms with E-state index in [1.54, 1.807) is 53.6 Å². The molecule has 5 aliphatic rings. The lowest BCUT2D eigenvalue weighted by atomic mass is 10.0. The molecular weight excluding hydrogens is 869 g/mol. The predicted molar refractivity (Wildman–Crippen MR) is 255 cm³/mol. The topological polar surface area (TPSA) is 178 Å².